The summed E-state index contributed by atoms with van der Waals surface area (Å²) in [5.41, 5.74) is 9.43. The molecule has 1 aliphatic rings. The number of hydrogen-bond acceptors (Lipinski definition) is 4. The van der Waals surface area contributed by atoms with Gasteiger partial charge in [0.15, 0.2) is 5.65 Å². The minimum absolute atomic E-state index is 0.229. The third kappa shape index (κ3) is 1.71. The Morgan fingerprint density at radius 3 is 3.00 bits per heavy atom. The first-order valence-corrected chi connectivity index (χ1v) is 7.56. The van der Waals surface area contributed by atoms with Crippen molar-refractivity contribution in [3.05, 3.63) is 44.9 Å². The van der Waals surface area contributed by atoms with E-state index >= 15 is 0 Å². The highest BCUT2D eigenvalue weighted by molar-refractivity contribution is 14.1. The number of rotatable bonds is 1. The van der Waals surface area contributed by atoms with E-state index in [1.165, 1.54) is 11.1 Å². The molecule has 5 nitrogen and oxygen atoms in total. The van der Waals surface area contributed by atoms with Gasteiger partial charge < -0.3 is 5.73 Å². The summed E-state index contributed by atoms with van der Waals surface area (Å²) in [6, 6.07) is 8.48. The predicted octanol–water partition coefficient (Wildman–Crippen LogP) is 2.62. The molecule has 100 valence electrons. The number of H-pyrrole nitrogens is 1. The molecule has 0 saturated carbocycles. The number of aromatic nitrogens is 4. The van der Waals surface area contributed by atoms with Gasteiger partial charge in [-0.15, -0.1) is 0 Å². The van der Waals surface area contributed by atoms with Crippen LogP contribution >= 0.6 is 22.6 Å². The van der Waals surface area contributed by atoms with Crippen LogP contribution in [0.25, 0.3) is 11.0 Å². The first-order valence-electron chi connectivity index (χ1n) is 6.49. The van der Waals surface area contributed by atoms with E-state index in [0.717, 1.165) is 27.8 Å². The summed E-state index contributed by atoms with van der Waals surface area (Å²) in [6.45, 7) is 0. The number of nitrogen functional groups attached to an aromatic ring is 1. The maximum Gasteiger partial charge on any atom is 0.187 e. The second-order valence-corrected chi connectivity index (χ2v) is 6.07. The van der Waals surface area contributed by atoms with E-state index in [9.17, 15) is 0 Å². The van der Waals surface area contributed by atoms with Crippen molar-refractivity contribution >= 4 is 39.4 Å². The van der Waals surface area contributed by atoms with Crippen molar-refractivity contribution in [2.75, 3.05) is 5.73 Å². The van der Waals surface area contributed by atoms with E-state index in [0.29, 0.717) is 11.5 Å². The van der Waals surface area contributed by atoms with Gasteiger partial charge in [0.25, 0.3) is 0 Å². The smallest absolute Gasteiger partial charge is 0.187 e. The summed E-state index contributed by atoms with van der Waals surface area (Å²) in [6.07, 6.45) is 2.10. The zero-order valence-corrected chi connectivity index (χ0v) is 12.8. The van der Waals surface area contributed by atoms with E-state index in [1.807, 2.05) is 0 Å². The van der Waals surface area contributed by atoms with Gasteiger partial charge in [0, 0.05) is 5.92 Å². The molecule has 4 rings (SSSR count). The topological polar surface area (TPSA) is 80.5 Å². The zero-order chi connectivity index (χ0) is 13.7. The summed E-state index contributed by atoms with van der Waals surface area (Å²) in [5.74, 6) is 1.52. The molecule has 3 N–H and O–H groups in total. The van der Waals surface area contributed by atoms with Gasteiger partial charge in [-0.1, -0.05) is 24.3 Å². The molecule has 0 radical (unpaired) electrons. The Labute approximate surface area is 129 Å². The average molecular weight is 377 g/mol. The van der Waals surface area contributed by atoms with Crippen molar-refractivity contribution in [3.8, 4) is 0 Å². The van der Waals surface area contributed by atoms with Crippen LogP contribution in [0.5, 0.6) is 0 Å². The highest BCUT2D eigenvalue weighted by Gasteiger charge is 2.27. The van der Waals surface area contributed by atoms with Gasteiger partial charge >= 0.3 is 0 Å². The van der Waals surface area contributed by atoms with Crippen LogP contribution in [-0.4, -0.2) is 20.2 Å². The molecule has 2 heterocycles. The first-order chi connectivity index (χ1) is 9.74. The van der Waals surface area contributed by atoms with Crippen LogP contribution in [0.2, 0.25) is 0 Å². The normalized spacial score (nSPS) is 17.6. The van der Waals surface area contributed by atoms with Crippen molar-refractivity contribution in [1.29, 1.82) is 0 Å². The molecular formula is C14H12IN5. The van der Waals surface area contributed by atoms with Crippen molar-refractivity contribution in [1.82, 2.24) is 20.2 Å². The lowest BCUT2D eigenvalue weighted by Crippen LogP contribution is -2.06. The number of aryl methyl sites for hydroxylation is 1. The number of aromatic amines is 1. The van der Waals surface area contributed by atoms with Gasteiger partial charge in [0.2, 0.25) is 0 Å². The molecule has 1 aliphatic carbocycles. The molecule has 20 heavy (non-hydrogen) atoms. The highest BCUT2D eigenvalue weighted by Crippen LogP contribution is 2.37. The summed E-state index contributed by atoms with van der Waals surface area (Å²) in [4.78, 5) is 9.12. The SMILES string of the molecule is Nc1nc(C2CCc3ccccc32)nc2n[nH]c(I)c12. The third-order valence-electron chi connectivity index (χ3n) is 3.86. The fraction of sp³-hybridized carbons (Fsp3) is 0.214. The van der Waals surface area contributed by atoms with Crippen LogP contribution in [0.15, 0.2) is 24.3 Å². The van der Waals surface area contributed by atoms with Gasteiger partial charge in [-0.2, -0.15) is 5.10 Å². The number of fused-ring (bicyclic) bond motifs is 2. The van der Waals surface area contributed by atoms with Crippen molar-refractivity contribution < 1.29 is 0 Å². The quantitative estimate of drug-likeness (QED) is 0.639. The molecule has 0 saturated heterocycles. The fourth-order valence-corrected chi connectivity index (χ4v) is 3.55. The number of nitrogens with one attached hydrogen (secondary N) is 1. The highest BCUT2D eigenvalue weighted by atomic mass is 127. The Morgan fingerprint density at radius 2 is 2.10 bits per heavy atom. The van der Waals surface area contributed by atoms with Crippen LogP contribution in [0.1, 0.15) is 29.3 Å². The van der Waals surface area contributed by atoms with E-state index in [2.05, 4.69) is 67.0 Å². The largest absolute Gasteiger partial charge is 0.383 e. The first kappa shape index (κ1) is 12.1. The number of benzene rings is 1. The molecule has 0 spiro atoms. The van der Waals surface area contributed by atoms with Gasteiger partial charge in [0.05, 0.1) is 5.39 Å². The number of nitrogens with zero attached hydrogens (tertiary/aromatic N) is 3. The molecule has 0 fully saturated rings. The van der Waals surface area contributed by atoms with Crippen LogP contribution in [0.3, 0.4) is 0 Å². The van der Waals surface area contributed by atoms with Gasteiger partial charge in [-0.3, -0.25) is 5.10 Å². The molecule has 2 aromatic heterocycles. The molecule has 0 bridgehead atoms. The minimum Gasteiger partial charge on any atom is -0.383 e. The summed E-state index contributed by atoms with van der Waals surface area (Å²) in [5, 5.41) is 7.93. The van der Waals surface area contributed by atoms with E-state index in [4.69, 9.17) is 5.73 Å². The zero-order valence-electron chi connectivity index (χ0n) is 10.6. The molecule has 1 unspecified atom stereocenters. The Kier molecular flexibility index (Phi) is 2.66. The number of nitrogens with two attached hydrogens (primary N) is 1. The molecule has 1 aromatic carbocycles. The monoisotopic (exact) mass is 377 g/mol. The van der Waals surface area contributed by atoms with E-state index in [-0.39, 0.29) is 5.92 Å². The maximum absolute atomic E-state index is 6.07. The Balaban J connectivity index is 1.88. The Morgan fingerprint density at radius 1 is 1.25 bits per heavy atom. The Hall–Kier alpha value is -1.70. The van der Waals surface area contributed by atoms with Crippen molar-refractivity contribution in [3.63, 3.8) is 0 Å². The molecule has 0 aliphatic heterocycles. The number of halogens is 1. The second kappa shape index (κ2) is 4.41. The summed E-state index contributed by atoms with van der Waals surface area (Å²) >= 11 is 2.16. The fourth-order valence-electron chi connectivity index (χ4n) is 2.91. The molecule has 0 amide bonds. The molecular weight excluding hydrogens is 365 g/mol. The van der Waals surface area contributed by atoms with Crippen LogP contribution in [0.4, 0.5) is 5.82 Å². The number of hydrogen-bond donors (Lipinski definition) is 2. The Bertz CT molecular complexity index is 810. The summed E-state index contributed by atoms with van der Waals surface area (Å²) < 4.78 is 0.883. The lowest BCUT2D eigenvalue weighted by molar-refractivity contribution is 0.734. The summed E-state index contributed by atoms with van der Waals surface area (Å²) in [7, 11) is 0. The van der Waals surface area contributed by atoms with E-state index < -0.39 is 0 Å². The minimum atomic E-state index is 0.229. The molecule has 3 aromatic rings. The predicted molar refractivity (Wildman–Crippen MR) is 85.4 cm³/mol. The van der Waals surface area contributed by atoms with Crippen LogP contribution in [0, 0.1) is 3.70 Å². The van der Waals surface area contributed by atoms with Gasteiger partial charge in [-0.25, -0.2) is 9.97 Å². The number of anilines is 1. The van der Waals surface area contributed by atoms with Crippen molar-refractivity contribution in [2.45, 2.75) is 18.8 Å². The standard InChI is InChI=1S/C14H12IN5/c15-11-10-12(16)17-13(18-14(10)20-19-11)9-6-5-7-3-1-2-4-8(7)9/h1-4,9H,5-6H2,(H3,16,17,18,19,20). The van der Waals surface area contributed by atoms with Crippen LogP contribution in [-0.2, 0) is 6.42 Å². The van der Waals surface area contributed by atoms with Gasteiger partial charge in [0.1, 0.15) is 15.3 Å². The van der Waals surface area contributed by atoms with E-state index in [1.54, 1.807) is 0 Å². The molecule has 6 heteroatoms. The maximum atomic E-state index is 6.07. The van der Waals surface area contributed by atoms with Gasteiger partial charge in [-0.05, 0) is 46.6 Å². The lowest BCUT2D eigenvalue weighted by Gasteiger charge is -2.10. The molecule has 1 atom stereocenters. The van der Waals surface area contributed by atoms with Crippen molar-refractivity contribution in [2.24, 2.45) is 0 Å². The third-order valence-corrected chi connectivity index (χ3v) is 4.64. The second-order valence-electron chi connectivity index (χ2n) is 4.99. The lowest BCUT2D eigenvalue weighted by atomic mass is 10.0. The van der Waals surface area contributed by atoms with Crippen LogP contribution < -0.4 is 5.73 Å². The average Bonchev–Trinajstić information content (AvgIpc) is 3.03.